The lowest BCUT2D eigenvalue weighted by molar-refractivity contribution is -0.129. The maximum Gasteiger partial charge on any atom is 0.225 e. The zero-order valence-corrected chi connectivity index (χ0v) is 16.1. The van der Waals surface area contributed by atoms with Gasteiger partial charge in [-0.1, -0.05) is 25.4 Å². The number of amides is 2. The van der Waals surface area contributed by atoms with Gasteiger partial charge in [-0.15, -0.1) is 0 Å². The van der Waals surface area contributed by atoms with E-state index in [1.54, 1.807) is 4.90 Å². The Kier molecular flexibility index (Phi) is 5.87. The van der Waals surface area contributed by atoms with Crippen molar-refractivity contribution < 1.29 is 9.59 Å². The molecule has 1 atom stereocenters. The Hall–Kier alpha value is -2.01. The molecule has 1 saturated heterocycles. The molecule has 5 nitrogen and oxygen atoms in total. The SMILES string of the molecule is CCC(CC)NC(=O)[C@H]1CC(=O)N(CCc2c[nH]c3ccc(Cl)cc23)C1. The Morgan fingerprint density at radius 3 is 2.88 bits per heavy atom. The first-order valence-corrected chi connectivity index (χ1v) is 9.73. The minimum absolute atomic E-state index is 0.00780. The standard InChI is InChI=1S/C20H26ClN3O2/c1-3-16(4-2)23-20(26)14-9-19(25)24(12-14)8-7-13-11-22-18-6-5-15(21)10-17(13)18/h5-6,10-11,14,16,22H,3-4,7-9,12H2,1-2H3,(H,23,26)/t14-/m0/s1. The molecule has 140 valence electrons. The van der Waals surface area contributed by atoms with Crippen molar-refractivity contribution >= 4 is 34.3 Å². The van der Waals surface area contributed by atoms with Gasteiger partial charge in [-0.3, -0.25) is 9.59 Å². The largest absolute Gasteiger partial charge is 0.361 e. The van der Waals surface area contributed by atoms with Crippen molar-refractivity contribution in [1.29, 1.82) is 0 Å². The molecule has 26 heavy (non-hydrogen) atoms. The third-order valence-corrected chi connectivity index (χ3v) is 5.53. The van der Waals surface area contributed by atoms with E-state index in [1.165, 1.54) is 0 Å². The second kappa shape index (κ2) is 8.12. The highest BCUT2D eigenvalue weighted by molar-refractivity contribution is 6.31. The fourth-order valence-electron chi connectivity index (χ4n) is 3.59. The maximum atomic E-state index is 12.4. The number of rotatable bonds is 7. The van der Waals surface area contributed by atoms with E-state index in [0.717, 1.165) is 35.7 Å². The minimum Gasteiger partial charge on any atom is -0.361 e. The average Bonchev–Trinajstić information content (AvgIpc) is 3.20. The highest BCUT2D eigenvalue weighted by Gasteiger charge is 2.34. The number of nitrogens with one attached hydrogen (secondary N) is 2. The van der Waals surface area contributed by atoms with Crippen LogP contribution in [0.1, 0.15) is 38.7 Å². The summed E-state index contributed by atoms with van der Waals surface area (Å²) in [4.78, 5) is 29.8. The van der Waals surface area contributed by atoms with Crippen molar-refractivity contribution in [3.05, 3.63) is 35.0 Å². The summed E-state index contributed by atoms with van der Waals surface area (Å²) < 4.78 is 0. The summed E-state index contributed by atoms with van der Waals surface area (Å²) in [6.45, 7) is 5.25. The molecule has 1 aromatic carbocycles. The van der Waals surface area contributed by atoms with E-state index in [9.17, 15) is 9.59 Å². The van der Waals surface area contributed by atoms with Crippen molar-refractivity contribution in [2.24, 2.45) is 5.92 Å². The van der Waals surface area contributed by atoms with Crippen LogP contribution < -0.4 is 5.32 Å². The van der Waals surface area contributed by atoms with Gasteiger partial charge >= 0.3 is 0 Å². The van der Waals surface area contributed by atoms with Crippen LogP contribution in [0, 0.1) is 5.92 Å². The second-order valence-electron chi connectivity index (χ2n) is 7.02. The summed E-state index contributed by atoms with van der Waals surface area (Å²) in [5.41, 5.74) is 2.18. The molecule has 2 heterocycles. The summed E-state index contributed by atoms with van der Waals surface area (Å²) in [7, 11) is 0. The molecule has 1 aliphatic heterocycles. The minimum atomic E-state index is -0.236. The predicted octanol–water partition coefficient (Wildman–Crippen LogP) is 3.52. The van der Waals surface area contributed by atoms with Crippen molar-refractivity contribution in [3.63, 3.8) is 0 Å². The van der Waals surface area contributed by atoms with E-state index in [-0.39, 0.29) is 23.8 Å². The number of fused-ring (bicyclic) bond motifs is 1. The number of H-pyrrole nitrogens is 1. The van der Waals surface area contributed by atoms with Crippen LogP contribution in [0.3, 0.4) is 0 Å². The molecule has 2 N–H and O–H groups in total. The lowest BCUT2D eigenvalue weighted by atomic mass is 10.1. The van der Waals surface area contributed by atoms with Gasteiger partial charge in [0, 0.05) is 47.7 Å². The fourth-order valence-corrected chi connectivity index (χ4v) is 3.76. The molecule has 0 unspecified atom stereocenters. The summed E-state index contributed by atoms with van der Waals surface area (Å²) in [5, 5.41) is 4.85. The zero-order valence-electron chi connectivity index (χ0n) is 15.3. The van der Waals surface area contributed by atoms with E-state index in [4.69, 9.17) is 11.6 Å². The highest BCUT2D eigenvalue weighted by Crippen LogP contribution is 2.24. The predicted molar refractivity (Wildman–Crippen MR) is 104 cm³/mol. The van der Waals surface area contributed by atoms with Crippen molar-refractivity contribution in [2.45, 2.75) is 45.6 Å². The first-order chi connectivity index (χ1) is 12.5. The second-order valence-corrected chi connectivity index (χ2v) is 7.45. The van der Waals surface area contributed by atoms with Crippen molar-refractivity contribution in [1.82, 2.24) is 15.2 Å². The molecule has 6 heteroatoms. The van der Waals surface area contributed by atoms with E-state index in [0.29, 0.717) is 24.5 Å². The van der Waals surface area contributed by atoms with Crippen molar-refractivity contribution in [2.75, 3.05) is 13.1 Å². The molecule has 0 spiro atoms. The summed E-state index contributed by atoms with van der Waals surface area (Å²) in [6.07, 6.45) is 4.85. The molecule has 2 amide bonds. The third kappa shape index (κ3) is 4.04. The van der Waals surface area contributed by atoms with Crippen LogP contribution >= 0.6 is 11.6 Å². The monoisotopic (exact) mass is 375 g/mol. The van der Waals surface area contributed by atoms with Gasteiger partial charge in [0.15, 0.2) is 0 Å². The first kappa shape index (κ1) is 18.8. The smallest absolute Gasteiger partial charge is 0.225 e. The van der Waals surface area contributed by atoms with Gasteiger partial charge in [0.05, 0.1) is 5.92 Å². The number of halogens is 1. The lowest BCUT2D eigenvalue weighted by Crippen LogP contribution is -2.39. The van der Waals surface area contributed by atoms with E-state index in [1.807, 2.05) is 24.4 Å². The summed E-state index contributed by atoms with van der Waals surface area (Å²) in [5.74, 6) is -0.165. The van der Waals surface area contributed by atoms with Gasteiger partial charge in [-0.2, -0.15) is 0 Å². The van der Waals surface area contributed by atoms with Crippen LogP contribution in [-0.4, -0.2) is 40.8 Å². The first-order valence-electron chi connectivity index (χ1n) is 9.35. The molecular weight excluding hydrogens is 350 g/mol. The molecule has 2 aromatic rings. The van der Waals surface area contributed by atoms with Gasteiger partial charge in [0.1, 0.15) is 0 Å². The molecule has 0 bridgehead atoms. The lowest BCUT2D eigenvalue weighted by Gasteiger charge is -2.19. The summed E-state index contributed by atoms with van der Waals surface area (Å²) in [6, 6.07) is 5.96. The Bertz CT molecular complexity index is 797. The number of hydrogen-bond donors (Lipinski definition) is 2. The van der Waals surface area contributed by atoms with Crippen LogP contribution in [0.25, 0.3) is 10.9 Å². The fraction of sp³-hybridized carbons (Fsp3) is 0.500. The molecule has 1 aliphatic rings. The molecule has 3 rings (SSSR count). The molecule has 0 aliphatic carbocycles. The molecule has 1 fully saturated rings. The molecule has 0 radical (unpaired) electrons. The van der Waals surface area contributed by atoms with Crippen LogP contribution in [0.4, 0.5) is 0 Å². The Morgan fingerprint density at radius 2 is 2.15 bits per heavy atom. The Balaban J connectivity index is 1.59. The zero-order chi connectivity index (χ0) is 18.7. The van der Waals surface area contributed by atoms with Crippen LogP contribution in [-0.2, 0) is 16.0 Å². The van der Waals surface area contributed by atoms with Crippen molar-refractivity contribution in [3.8, 4) is 0 Å². The molecular formula is C20H26ClN3O2. The number of carbonyl (C=O) groups excluding carboxylic acids is 2. The van der Waals surface area contributed by atoms with Crippen LogP contribution in [0.2, 0.25) is 5.02 Å². The van der Waals surface area contributed by atoms with Gasteiger partial charge in [-0.05, 0) is 43.0 Å². The number of aromatic nitrogens is 1. The highest BCUT2D eigenvalue weighted by atomic mass is 35.5. The number of benzene rings is 1. The summed E-state index contributed by atoms with van der Waals surface area (Å²) >= 11 is 6.09. The quantitative estimate of drug-likeness (QED) is 0.777. The van der Waals surface area contributed by atoms with E-state index >= 15 is 0 Å². The number of hydrogen-bond acceptors (Lipinski definition) is 2. The molecule has 1 aromatic heterocycles. The Morgan fingerprint density at radius 1 is 1.38 bits per heavy atom. The number of nitrogens with zero attached hydrogens (tertiary/aromatic N) is 1. The Labute approximate surface area is 159 Å². The topological polar surface area (TPSA) is 65.2 Å². The normalized spacial score (nSPS) is 17.5. The van der Waals surface area contributed by atoms with Gasteiger partial charge in [-0.25, -0.2) is 0 Å². The maximum absolute atomic E-state index is 12.4. The van der Waals surface area contributed by atoms with Gasteiger partial charge in [0.25, 0.3) is 0 Å². The third-order valence-electron chi connectivity index (χ3n) is 5.30. The number of aromatic amines is 1. The van der Waals surface area contributed by atoms with Crippen LogP contribution in [0.5, 0.6) is 0 Å². The van der Waals surface area contributed by atoms with E-state index in [2.05, 4.69) is 24.1 Å². The van der Waals surface area contributed by atoms with E-state index < -0.39 is 0 Å². The molecule has 0 saturated carbocycles. The average molecular weight is 376 g/mol. The van der Waals surface area contributed by atoms with Crippen LogP contribution in [0.15, 0.2) is 24.4 Å². The number of carbonyl (C=O) groups is 2. The number of likely N-dealkylation sites (tertiary alicyclic amines) is 1. The van der Waals surface area contributed by atoms with Gasteiger partial charge in [0.2, 0.25) is 11.8 Å². The van der Waals surface area contributed by atoms with Gasteiger partial charge < -0.3 is 15.2 Å².